The third kappa shape index (κ3) is 8.80. The average molecular weight is 995 g/mol. The van der Waals surface area contributed by atoms with E-state index in [0.29, 0.717) is 0 Å². The number of hydrogen-bond acceptors (Lipinski definition) is 3. The first-order valence-electron chi connectivity index (χ1n) is 21.4. The SMILES string of the molecule is Cc1c[c-]c(-c2cc(-c3ccccc3C)c(C)cn2)cc1.Cc1cnc(-c2[c-]ccc3c2oc2ccccc23)cc1-c1cc2ccc(-c3ccc(C(C)(C)C)cc3)cc2cc1C.[Ir]. The van der Waals surface area contributed by atoms with Crippen LogP contribution in [0.1, 0.15) is 54.2 Å². The van der Waals surface area contributed by atoms with Crippen LogP contribution in [0.4, 0.5) is 0 Å². The van der Waals surface area contributed by atoms with E-state index in [4.69, 9.17) is 9.40 Å². The summed E-state index contributed by atoms with van der Waals surface area (Å²) in [5.74, 6) is 0. The second kappa shape index (κ2) is 17.7. The molecule has 0 N–H and O–H groups in total. The Kier molecular flexibility index (Phi) is 12.2. The summed E-state index contributed by atoms with van der Waals surface area (Å²) < 4.78 is 6.29. The molecule has 0 aliphatic rings. The molecule has 10 aromatic rings. The van der Waals surface area contributed by atoms with Gasteiger partial charge in [-0.25, -0.2) is 0 Å². The minimum absolute atomic E-state index is 0. The standard InChI is InChI=1S/C39H32NO.C20H18N.Ir/c1-24-19-29-20-27(26-15-17-30(18-16-26)39(3,4)5)13-14-28(29)21-34(24)35-22-36(40-23-25(35)2)33-11-8-10-32-31-9-6-7-12-37(31)41-38(32)33;1-14-8-10-17(11-9-14)20-12-19(16(3)13-21-20)18-7-5-4-6-15(18)2;/h6-10,12-23H,1-5H3;4-10,12-13H,1-3H3;/q2*-1;. The van der Waals surface area contributed by atoms with Gasteiger partial charge in [-0.05, 0) is 135 Å². The van der Waals surface area contributed by atoms with Gasteiger partial charge in [-0.2, -0.15) is 0 Å². The molecule has 0 atom stereocenters. The van der Waals surface area contributed by atoms with Gasteiger partial charge in [0.1, 0.15) is 5.58 Å². The van der Waals surface area contributed by atoms with E-state index in [0.717, 1.165) is 50.0 Å². The molecule has 0 amide bonds. The Balaban J connectivity index is 0.000000209. The molecule has 0 saturated carbocycles. The van der Waals surface area contributed by atoms with Gasteiger partial charge in [0.05, 0.1) is 5.58 Å². The predicted octanol–water partition coefficient (Wildman–Crippen LogP) is 16.0. The summed E-state index contributed by atoms with van der Waals surface area (Å²) in [6, 6.07) is 58.3. The Morgan fingerprint density at radius 1 is 0.508 bits per heavy atom. The molecule has 0 bridgehead atoms. The predicted molar refractivity (Wildman–Crippen MR) is 260 cm³/mol. The van der Waals surface area contributed by atoms with Crippen molar-refractivity contribution in [1.29, 1.82) is 0 Å². The molecule has 7 aromatic carbocycles. The van der Waals surface area contributed by atoms with Crippen molar-refractivity contribution in [3.8, 4) is 55.9 Å². The van der Waals surface area contributed by atoms with Crippen LogP contribution in [0.15, 0.2) is 162 Å². The van der Waals surface area contributed by atoms with Gasteiger partial charge in [0.15, 0.2) is 0 Å². The van der Waals surface area contributed by atoms with Crippen LogP contribution < -0.4 is 0 Å². The molecule has 3 heterocycles. The second-order valence-corrected chi connectivity index (χ2v) is 17.6. The van der Waals surface area contributed by atoms with E-state index in [2.05, 4.69) is 188 Å². The van der Waals surface area contributed by atoms with Crippen LogP contribution in [-0.2, 0) is 25.5 Å². The summed E-state index contributed by atoms with van der Waals surface area (Å²) in [6.07, 6.45) is 3.92. The molecular formula is C59H50IrN2O-2. The van der Waals surface area contributed by atoms with Gasteiger partial charge >= 0.3 is 0 Å². The van der Waals surface area contributed by atoms with Gasteiger partial charge in [-0.3, -0.25) is 0 Å². The zero-order chi connectivity index (χ0) is 43.1. The van der Waals surface area contributed by atoms with Gasteiger partial charge < -0.3 is 14.4 Å². The fraction of sp³-hybridized carbons (Fsp3) is 0.153. The van der Waals surface area contributed by atoms with Crippen LogP contribution >= 0.6 is 0 Å². The first-order valence-corrected chi connectivity index (χ1v) is 21.4. The normalized spacial score (nSPS) is 11.4. The van der Waals surface area contributed by atoms with Crippen molar-refractivity contribution < 1.29 is 24.5 Å². The van der Waals surface area contributed by atoms with Crippen LogP contribution in [0, 0.1) is 46.8 Å². The molecular weight excluding hydrogens is 945 g/mol. The zero-order valence-electron chi connectivity index (χ0n) is 37.1. The average Bonchev–Trinajstić information content (AvgIpc) is 3.66. The maximum atomic E-state index is 6.29. The van der Waals surface area contributed by atoms with Gasteiger partial charge in [-0.1, -0.05) is 136 Å². The molecule has 0 aliphatic carbocycles. The first kappa shape index (κ1) is 43.2. The van der Waals surface area contributed by atoms with Crippen LogP contribution in [0.3, 0.4) is 0 Å². The van der Waals surface area contributed by atoms with Crippen LogP contribution in [-0.4, -0.2) is 9.97 Å². The number of furan rings is 1. The Hall–Kier alpha value is -6.45. The monoisotopic (exact) mass is 995 g/mol. The largest absolute Gasteiger partial charge is 0.501 e. The van der Waals surface area contributed by atoms with E-state index in [9.17, 15) is 0 Å². The number of benzene rings is 7. The molecule has 0 saturated heterocycles. The summed E-state index contributed by atoms with van der Waals surface area (Å²) in [5.41, 5.74) is 20.4. The van der Waals surface area contributed by atoms with Crippen LogP contribution in [0.2, 0.25) is 0 Å². The van der Waals surface area contributed by atoms with Crippen molar-refractivity contribution in [1.82, 2.24) is 9.97 Å². The molecule has 3 aromatic heterocycles. The number of para-hydroxylation sites is 1. The fourth-order valence-electron chi connectivity index (χ4n) is 8.37. The molecule has 0 spiro atoms. The molecule has 0 unspecified atom stereocenters. The van der Waals surface area contributed by atoms with E-state index < -0.39 is 0 Å². The van der Waals surface area contributed by atoms with Crippen molar-refractivity contribution >= 4 is 32.7 Å². The van der Waals surface area contributed by atoms with Gasteiger partial charge in [0.25, 0.3) is 0 Å². The van der Waals surface area contributed by atoms with E-state index >= 15 is 0 Å². The molecule has 10 rings (SSSR count). The molecule has 0 aliphatic heterocycles. The van der Waals surface area contributed by atoms with Crippen LogP contribution in [0.5, 0.6) is 0 Å². The van der Waals surface area contributed by atoms with Crippen LogP contribution in [0.25, 0.3) is 88.6 Å². The Labute approximate surface area is 385 Å². The van der Waals surface area contributed by atoms with Crippen molar-refractivity contribution in [3.63, 3.8) is 0 Å². The van der Waals surface area contributed by atoms with Crippen molar-refractivity contribution in [3.05, 3.63) is 203 Å². The van der Waals surface area contributed by atoms with E-state index in [1.165, 1.54) is 72.0 Å². The van der Waals surface area contributed by atoms with Gasteiger partial charge in [0.2, 0.25) is 0 Å². The van der Waals surface area contributed by atoms with Gasteiger partial charge in [0, 0.05) is 37.9 Å². The smallest absolute Gasteiger partial charge is 0.120 e. The number of pyridine rings is 2. The first-order chi connectivity index (χ1) is 29.9. The topological polar surface area (TPSA) is 38.9 Å². The summed E-state index contributed by atoms with van der Waals surface area (Å²) in [5, 5.41) is 4.67. The van der Waals surface area contributed by atoms with E-state index in [1.54, 1.807) is 0 Å². The molecule has 4 heteroatoms. The summed E-state index contributed by atoms with van der Waals surface area (Å²) >= 11 is 0. The van der Waals surface area contributed by atoms with Crippen molar-refractivity contribution in [2.45, 2.75) is 60.8 Å². The number of aromatic nitrogens is 2. The van der Waals surface area contributed by atoms with E-state index in [1.807, 2.05) is 42.7 Å². The number of aryl methyl sites for hydroxylation is 5. The minimum Gasteiger partial charge on any atom is -0.501 e. The molecule has 0 fully saturated rings. The van der Waals surface area contributed by atoms with Gasteiger partial charge in [-0.15, -0.1) is 53.6 Å². The molecule has 3 nitrogen and oxygen atoms in total. The Bertz CT molecular complexity index is 3260. The molecule has 63 heavy (non-hydrogen) atoms. The summed E-state index contributed by atoms with van der Waals surface area (Å²) in [7, 11) is 0. The Morgan fingerprint density at radius 2 is 1.17 bits per heavy atom. The number of hydrogen-bond donors (Lipinski definition) is 0. The Morgan fingerprint density at radius 3 is 1.90 bits per heavy atom. The van der Waals surface area contributed by atoms with Crippen molar-refractivity contribution in [2.24, 2.45) is 0 Å². The number of nitrogens with zero attached hydrogens (tertiary/aromatic N) is 2. The second-order valence-electron chi connectivity index (χ2n) is 17.6. The third-order valence-electron chi connectivity index (χ3n) is 12.0. The zero-order valence-corrected chi connectivity index (χ0v) is 39.5. The maximum absolute atomic E-state index is 6.29. The molecule has 1 radical (unpaired) electrons. The third-order valence-corrected chi connectivity index (χ3v) is 12.0. The number of fused-ring (bicyclic) bond motifs is 4. The fourth-order valence-corrected chi connectivity index (χ4v) is 8.37. The van der Waals surface area contributed by atoms with Crippen molar-refractivity contribution in [2.75, 3.05) is 0 Å². The minimum atomic E-state index is 0. The maximum Gasteiger partial charge on any atom is 0.120 e. The molecule has 313 valence electrons. The van der Waals surface area contributed by atoms with E-state index in [-0.39, 0.29) is 25.5 Å². The summed E-state index contributed by atoms with van der Waals surface area (Å²) in [4.78, 5) is 9.38. The number of rotatable bonds is 5. The quantitative estimate of drug-likeness (QED) is 0.161. The summed E-state index contributed by atoms with van der Waals surface area (Å²) in [6.45, 7) is 17.4.